The van der Waals surface area contributed by atoms with Crippen LogP contribution < -0.4 is 4.74 Å². The van der Waals surface area contributed by atoms with Crippen LogP contribution in [0.5, 0.6) is 5.75 Å². The summed E-state index contributed by atoms with van der Waals surface area (Å²) in [5, 5.41) is 4.09. The van der Waals surface area contributed by atoms with E-state index in [1.165, 1.54) is 6.07 Å². The molecule has 0 spiro atoms. The largest absolute Gasteiger partial charge is 0.492 e. The zero-order chi connectivity index (χ0) is 19.1. The van der Waals surface area contributed by atoms with Crippen LogP contribution in [0.1, 0.15) is 16.9 Å². The third-order valence-corrected chi connectivity index (χ3v) is 5.50. The van der Waals surface area contributed by atoms with Gasteiger partial charge in [-0.15, -0.1) is 0 Å². The number of carbonyl (C=O) groups excluding carboxylic acids is 1. The lowest BCUT2D eigenvalue weighted by molar-refractivity contribution is -0.137. The molecule has 3 heterocycles. The smallest absolute Gasteiger partial charge is 0.229 e. The van der Waals surface area contributed by atoms with Gasteiger partial charge in [-0.1, -0.05) is 35.5 Å². The lowest BCUT2D eigenvalue weighted by Gasteiger charge is -2.32. The van der Waals surface area contributed by atoms with Gasteiger partial charge in [-0.2, -0.15) is 0 Å². The second kappa shape index (κ2) is 6.78. The number of halogens is 1. The van der Waals surface area contributed by atoms with Crippen molar-refractivity contribution in [2.24, 2.45) is 5.92 Å². The molecule has 142 valence electrons. The van der Waals surface area contributed by atoms with Crippen LogP contribution in [0.25, 0.3) is 11.3 Å². The fourth-order valence-electron chi connectivity index (χ4n) is 4.01. The summed E-state index contributed by atoms with van der Waals surface area (Å²) in [4.78, 5) is 14.9. The number of carbonyl (C=O) groups is 1. The highest BCUT2D eigenvalue weighted by atomic mass is 19.1. The second-order valence-electron chi connectivity index (χ2n) is 7.24. The van der Waals surface area contributed by atoms with Crippen LogP contribution in [0, 0.1) is 11.7 Å². The van der Waals surface area contributed by atoms with Crippen LogP contribution in [-0.4, -0.2) is 29.1 Å². The first kappa shape index (κ1) is 17.0. The van der Waals surface area contributed by atoms with Gasteiger partial charge in [-0.05, 0) is 30.2 Å². The molecule has 0 N–H and O–H groups in total. The topological polar surface area (TPSA) is 55.6 Å². The molecule has 2 aliphatic heterocycles. The molecule has 28 heavy (non-hydrogen) atoms. The van der Waals surface area contributed by atoms with Crippen molar-refractivity contribution in [2.45, 2.75) is 19.4 Å². The van der Waals surface area contributed by atoms with E-state index in [1.807, 2.05) is 29.2 Å². The number of hydrogen-bond donors (Lipinski definition) is 0. The summed E-state index contributed by atoms with van der Waals surface area (Å²) in [6.07, 6.45) is 1.24. The Labute approximate surface area is 161 Å². The highest BCUT2D eigenvalue weighted by Crippen LogP contribution is 2.33. The number of fused-ring (bicyclic) bond motifs is 2. The van der Waals surface area contributed by atoms with Gasteiger partial charge in [0.05, 0.1) is 12.5 Å². The van der Waals surface area contributed by atoms with Crippen molar-refractivity contribution in [3.05, 3.63) is 71.2 Å². The van der Waals surface area contributed by atoms with Crippen molar-refractivity contribution >= 4 is 5.91 Å². The number of amides is 1. The molecule has 0 saturated heterocycles. The minimum Gasteiger partial charge on any atom is -0.492 e. The first-order valence-corrected chi connectivity index (χ1v) is 9.42. The highest BCUT2D eigenvalue weighted by Gasteiger charge is 2.33. The molecule has 0 bridgehead atoms. The van der Waals surface area contributed by atoms with Gasteiger partial charge >= 0.3 is 0 Å². The molecule has 0 saturated carbocycles. The molecule has 5 rings (SSSR count). The molecule has 0 unspecified atom stereocenters. The molecule has 6 heteroatoms. The van der Waals surface area contributed by atoms with Crippen molar-refractivity contribution in [3.8, 4) is 17.0 Å². The van der Waals surface area contributed by atoms with Gasteiger partial charge in [0.15, 0.2) is 0 Å². The molecule has 3 aromatic rings. The van der Waals surface area contributed by atoms with E-state index in [4.69, 9.17) is 9.26 Å². The summed E-state index contributed by atoms with van der Waals surface area (Å²) < 4.78 is 25.5. The molecule has 2 aromatic carbocycles. The number of ether oxygens (including phenoxy) is 1. The van der Waals surface area contributed by atoms with Crippen molar-refractivity contribution in [1.82, 2.24) is 10.1 Å². The zero-order valence-corrected chi connectivity index (χ0v) is 15.2. The minimum atomic E-state index is -0.348. The van der Waals surface area contributed by atoms with Crippen LogP contribution >= 0.6 is 0 Å². The molecule has 5 nitrogen and oxygen atoms in total. The minimum absolute atomic E-state index is 0.0563. The van der Waals surface area contributed by atoms with E-state index in [1.54, 1.807) is 18.2 Å². The fraction of sp³-hybridized carbons (Fsp3) is 0.273. The van der Waals surface area contributed by atoms with Gasteiger partial charge in [0.1, 0.15) is 29.6 Å². The monoisotopic (exact) mass is 378 g/mol. The Kier molecular flexibility index (Phi) is 4.11. The average molecular weight is 378 g/mol. The van der Waals surface area contributed by atoms with Gasteiger partial charge in [0, 0.05) is 24.1 Å². The van der Waals surface area contributed by atoms with E-state index in [2.05, 4.69) is 5.16 Å². The molecular formula is C22H19FN2O3. The molecule has 1 aromatic heterocycles. The first-order valence-electron chi connectivity index (χ1n) is 9.42. The van der Waals surface area contributed by atoms with Gasteiger partial charge < -0.3 is 14.2 Å². The Morgan fingerprint density at radius 1 is 1.14 bits per heavy atom. The molecule has 0 aliphatic carbocycles. The maximum absolute atomic E-state index is 14.2. The van der Waals surface area contributed by atoms with Crippen molar-refractivity contribution in [3.63, 3.8) is 0 Å². The number of benzene rings is 2. The SMILES string of the molecule is O=C([C@H]1COc2ccccc2C1)N1CCc2onc(-c3ccccc3F)c2C1. The van der Waals surface area contributed by atoms with E-state index in [-0.39, 0.29) is 17.6 Å². The molecule has 1 amide bonds. The fourth-order valence-corrected chi connectivity index (χ4v) is 4.01. The zero-order valence-electron chi connectivity index (χ0n) is 15.2. The standard InChI is InChI=1S/C22H19FN2O3/c23-18-7-3-2-6-16(18)21-17-12-25(10-9-20(17)28-24-21)22(26)15-11-14-5-1-4-8-19(14)27-13-15/h1-8,15H,9-13H2/t15-/m1/s1. The average Bonchev–Trinajstić information content (AvgIpc) is 3.16. The molecular weight excluding hydrogens is 359 g/mol. The van der Waals surface area contributed by atoms with E-state index in [0.717, 1.165) is 22.6 Å². The third-order valence-electron chi connectivity index (χ3n) is 5.50. The third kappa shape index (κ3) is 2.85. The summed E-state index contributed by atoms with van der Waals surface area (Å²) in [7, 11) is 0. The van der Waals surface area contributed by atoms with E-state index in [9.17, 15) is 9.18 Å². The predicted octanol–water partition coefficient (Wildman–Crippen LogP) is 3.62. The van der Waals surface area contributed by atoms with E-state index >= 15 is 0 Å². The van der Waals surface area contributed by atoms with Crippen molar-refractivity contribution < 1.29 is 18.4 Å². The first-order chi connectivity index (χ1) is 13.7. The number of rotatable bonds is 2. The number of hydrogen-bond acceptors (Lipinski definition) is 4. The Balaban J connectivity index is 1.38. The molecule has 1 atom stereocenters. The molecule has 0 radical (unpaired) electrons. The Morgan fingerprint density at radius 2 is 1.96 bits per heavy atom. The van der Waals surface area contributed by atoms with Crippen LogP contribution in [-0.2, 0) is 24.2 Å². The molecule has 2 aliphatic rings. The summed E-state index contributed by atoms with van der Waals surface area (Å²) in [5.41, 5.74) is 2.73. The second-order valence-corrected chi connectivity index (χ2v) is 7.24. The van der Waals surface area contributed by atoms with Gasteiger partial charge in [0.25, 0.3) is 0 Å². The van der Waals surface area contributed by atoms with E-state index < -0.39 is 0 Å². The predicted molar refractivity (Wildman–Crippen MR) is 100 cm³/mol. The van der Waals surface area contributed by atoms with Crippen LogP contribution in [0.2, 0.25) is 0 Å². The summed E-state index contributed by atoms with van der Waals surface area (Å²) >= 11 is 0. The van der Waals surface area contributed by atoms with Crippen LogP contribution in [0.15, 0.2) is 53.1 Å². The van der Waals surface area contributed by atoms with E-state index in [0.29, 0.717) is 43.8 Å². The quantitative estimate of drug-likeness (QED) is 0.684. The lowest BCUT2D eigenvalue weighted by Crippen LogP contribution is -2.43. The lowest BCUT2D eigenvalue weighted by atomic mass is 9.94. The van der Waals surface area contributed by atoms with Crippen LogP contribution in [0.4, 0.5) is 4.39 Å². The maximum atomic E-state index is 14.2. The maximum Gasteiger partial charge on any atom is 0.229 e. The summed E-state index contributed by atoms with van der Waals surface area (Å²) in [5.74, 6) is 1.08. The normalized spacial score (nSPS) is 18.2. The Bertz CT molecular complexity index is 1050. The Hall–Kier alpha value is -3.15. The van der Waals surface area contributed by atoms with Crippen LogP contribution in [0.3, 0.4) is 0 Å². The highest BCUT2D eigenvalue weighted by molar-refractivity contribution is 5.80. The summed E-state index contributed by atoms with van der Waals surface area (Å²) in [6.45, 7) is 1.32. The van der Waals surface area contributed by atoms with Gasteiger partial charge in [0.2, 0.25) is 5.91 Å². The Morgan fingerprint density at radius 3 is 2.86 bits per heavy atom. The summed E-state index contributed by atoms with van der Waals surface area (Å²) in [6, 6.07) is 14.3. The van der Waals surface area contributed by atoms with Gasteiger partial charge in [-0.3, -0.25) is 4.79 Å². The van der Waals surface area contributed by atoms with Crippen molar-refractivity contribution in [2.75, 3.05) is 13.2 Å². The molecule has 0 fully saturated rings. The number of nitrogens with zero attached hydrogens (tertiary/aromatic N) is 2. The number of para-hydroxylation sites is 1. The van der Waals surface area contributed by atoms with Gasteiger partial charge in [-0.25, -0.2) is 4.39 Å². The van der Waals surface area contributed by atoms with Crippen molar-refractivity contribution in [1.29, 1.82) is 0 Å². The number of aromatic nitrogens is 1.